The molecule has 1 aromatic carbocycles. The van der Waals surface area contributed by atoms with Gasteiger partial charge in [-0.05, 0) is 43.9 Å². The van der Waals surface area contributed by atoms with Crippen LogP contribution in [0.1, 0.15) is 44.8 Å². The number of aryl methyl sites for hydroxylation is 3. The van der Waals surface area contributed by atoms with Crippen molar-refractivity contribution in [3.05, 3.63) is 44.9 Å². The van der Waals surface area contributed by atoms with Gasteiger partial charge in [-0.15, -0.1) is 11.3 Å². The van der Waals surface area contributed by atoms with E-state index in [9.17, 15) is 4.79 Å². The van der Waals surface area contributed by atoms with Gasteiger partial charge < -0.3 is 9.84 Å². The van der Waals surface area contributed by atoms with Gasteiger partial charge in [0.1, 0.15) is 10.6 Å². The molecule has 22 heavy (non-hydrogen) atoms. The van der Waals surface area contributed by atoms with Crippen molar-refractivity contribution in [1.82, 2.24) is 4.98 Å². The van der Waals surface area contributed by atoms with E-state index in [2.05, 4.69) is 24.9 Å². The number of nitrogens with zero attached hydrogens (tertiary/aromatic N) is 1. The van der Waals surface area contributed by atoms with E-state index in [1.165, 1.54) is 16.9 Å². The largest absolute Gasteiger partial charge is 0.493 e. The zero-order chi connectivity index (χ0) is 16.1. The monoisotopic (exact) mass is 319 g/mol. The Labute approximate surface area is 134 Å². The molecular weight excluding hydrogens is 298 g/mol. The Kier molecular flexibility index (Phi) is 5.55. The molecule has 1 heterocycles. The highest BCUT2D eigenvalue weighted by atomic mass is 32.1. The normalized spacial score (nSPS) is 10.7. The molecular formula is C17H21NO3S. The van der Waals surface area contributed by atoms with Crippen molar-refractivity contribution in [1.29, 1.82) is 0 Å². The number of aromatic nitrogens is 1. The van der Waals surface area contributed by atoms with Crippen LogP contribution in [0.4, 0.5) is 0 Å². The maximum atomic E-state index is 11.1. The van der Waals surface area contributed by atoms with Crippen molar-refractivity contribution in [3.8, 4) is 5.75 Å². The number of thiazole rings is 1. The second-order valence-electron chi connectivity index (χ2n) is 5.19. The fourth-order valence-corrected chi connectivity index (χ4v) is 3.23. The summed E-state index contributed by atoms with van der Waals surface area (Å²) in [6.07, 6.45) is 2.22. The Balaban J connectivity index is 1.89. The van der Waals surface area contributed by atoms with E-state index in [0.717, 1.165) is 29.2 Å². The van der Waals surface area contributed by atoms with Crippen LogP contribution in [0.2, 0.25) is 0 Å². The summed E-state index contributed by atoms with van der Waals surface area (Å²) in [5.41, 5.74) is 3.07. The summed E-state index contributed by atoms with van der Waals surface area (Å²) in [4.78, 5) is 15.9. The second kappa shape index (κ2) is 7.40. The molecule has 0 radical (unpaired) electrons. The summed E-state index contributed by atoms with van der Waals surface area (Å²) in [6, 6.07) is 6.03. The second-order valence-corrected chi connectivity index (χ2v) is 6.28. The molecule has 0 saturated carbocycles. The van der Waals surface area contributed by atoms with Gasteiger partial charge in [0, 0.05) is 6.42 Å². The summed E-state index contributed by atoms with van der Waals surface area (Å²) in [6.45, 7) is 6.65. The van der Waals surface area contributed by atoms with Crippen molar-refractivity contribution in [3.63, 3.8) is 0 Å². The first-order valence-corrected chi connectivity index (χ1v) is 8.25. The quantitative estimate of drug-likeness (QED) is 0.783. The Bertz CT molecular complexity index is 664. The van der Waals surface area contributed by atoms with Crippen molar-refractivity contribution in [2.24, 2.45) is 0 Å². The first-order chi connectivity index (χ1) is 10.5. The Hall–Kier alpha value is -1.88. The minimum atomic E-state index is -0.882. The Morgan fingerprint density at radius 1 is 1.36 bits per heavy atom. The summed E-state index contributed by atoms with van der Waals surface area (Å²) in [5.74, 6) is 0.0341. The molecule has 4 nitrogen and oxygen atoms in total. The Morgan fingerprint density at radius 2 is 2.14 bits per heavy atom. The molecule has 0 bridgehead atoms. The lowest BCUT2D eigenvalue weighted by Gasteiger charge is -2.10. The SMILES string of the molecule is CCc1nc(CCCOc2cccc(C)c2C)sc1C(=O)O. The molecule has 1 aromatic heterocycles. The molecule has 0 amide bonds. The van der Waals surface area contributed by atoms with Crippen molar-refractivity contribution in [2.75, 3.05) is 6.61 Å². The van der Waals surface area contributed by atoms with Gasteiger partial charge in [-0.25, -0.2) is 9.78 Å². The first kappa shape index (κ1) is 16.5. The zero-order valence-corrected chi connectivity index (χ0v) is 14.0. The van der Waals surface area contributed by atoms with Crippen LogP contribution in [0, 0.1) is 13.8 Å². The van der Waals surface area contributed by atoms with Crippen LogP contribution in [0.15, 0.2) is 18.2 Å². The molecule has 0 unspecified atom stereocenters. The minimum Gasteiger partial charge on any atom is -0.493 e. The predicted molar refractivity (Wildman–Crippen MR) is 88.2 cm³/mol. The standard InChI is InChI=1S/C17H21NO3S/c1-4-13-16(17(19)20)22-15(18-13)9-6-10-21-14-8-5-7-11(2)12(14)3/h5,7-8H,4,6,9-10H2,1-3H3,(H,19,20). The van der Waals surface area contributed by atoms with E-state index in [-0.39, 0.29) is 0 Å². The molecule has 0 spiro atoms. The molecule has 0 atom stereocenters. The molecule has 2 rings (SSSR count). The van der Waals surface area contributed by atoms with Gasteiger partial charge in [0.05, 0.1) is 17.3 Å². The number of hydrogen-bond acceptors (Lipinski definition) is 4. The van der Waals surface area contributed by atoms with Gasteiger partial charge in [0.15, 0.2) is 0 Å². The molecule has 5 heteroatoms. The average molecular weight is 319 g/mol. The highest BCUT2D eigenvalue weighted by Gasteiger charge is 2.15. The summed E-state index contributed by atoms with van der Waals surface area (Å²) in [5, 5.41) is 10.0. The van der Waals surface area contributed by atoms with Gasteiger partial charge in [0.2, 0.25) is 0 Å². The molecule has 0 fully saturated rings. The first-order valence-electron chi connectivity index (χ1n) is 7.43. The molecule has 1 N–H and O–H groups in total. The van der Waals surface area contributed by atoms with Gasteiger partial charge in [-0.3, -0.25) is 0 Å². The van der Waals surface area contributed by atoms with E-state index in [1.807, 2.05) is 19.1 Å². The maximum Gasteiger partial charge on any atom is 0.347 e. The average Bonchev–Trinajstić information content (AvgIpc) is 2.91. The highest BCUT2D eigenvalue weighted by Crippen LogP contribution is 2.22. The Morgan fingerprint density at radius 3 is 2.77 bits per heavy atom. The predicted octanol–water partition coefficient (Wildman–Crippen LogP) is 4.03. The fourth-order valence-electron chi connectivity index (χ4n) is 2.20. The molecule has 0 aliphatic heterocycles. The van der Waals surface area contributed by atoms with E-state index < -0.39 is 5.97 Å². The van der Waals surface area contributed by atoms with Crippen LogP contribution in [-0.2, 0) is 12.8 Å². The third-order valence-corrected chi connectivity index (χ3v) is 4.76. The summed E-state index contributed by atoms with van der Waals surface area (Å²) < 4.78 is 5.81. The van der Waals surface area contributed by atoms with Crippen LogP contribution in [0.3, 0.4) is 0 Å². The number of aromatic carboxylic acids is 1. The van der Waals surface area contributed by atoms with Gasteiger partial charge >= 0.3 is 5.97 Å². The number of carboxylic acid groups (broad SMARTS) is 1. The summed E-state index contributed by atoms with van der Waals surface area (Å²) >= 11 is 1.28. The molecule has 0 saturated heterocycles. The highest BCUT2D eigenvalue weighted by molar-refractivity contribution is 7.13. The number of carboxylic acids is 1. The van der Waals surface area contributed by atoms with Crippen molar-refractivity contribution < 1.29 is 14.6 Å². The number of benzene rings is 1. The van der Waals surface area contributed by atoms with Gasteiger partial charge in [-0.1, -0.05) is 19.1 Å². The third kappa shape index (κ3) is 3.85. The topological polar surface area (TPSA) is 59.4 Å². The van der Waals surface area contributed by atoms with E-state index in [1.54, 1.807) is 0 Å². The minimum absolute atomic E-state index is 0.368. The van der Waals surface area contributed by atoms with Crippen LogP contribution >= 0.6 is 11.3 Å². The van der Waals surface area contributed by atoms with Crippen LogP contribution in [0.5, 0.6) is 5.75 Å². The lowest BCUT2D eigenvalue weighted by molar-refractivity contribution is 0.0701. The third-order valence-electron chi connectivity index (χ3n) is 3.62. The molecule has 2 aromatic rings. The van der Waals surface area contributed by atoms with Gasteiger partial charge in [0.25, 0.3) is 0 Å². The van der Waals surface area contributed by atoms with Crippen molar-refractivity contribution >= 4 is 17.3 Å². The number of rotatable bonds is 7. The lowest BCUT2D eigenvalue weighted by Crippen LogP contribution is -2.01. The van der Waals surface area contributed by atoms with Crippen LogP contribution in [-0.4, -0.2) is 22.7 Å². The molecule has 118 valence electrons. The van der Waals surface area contributed by atoms with Gasteiger partial charge in [-0.2, -0.15) is 0 Å². The van der Waals surface area contributed by atoms with Crippen molar-refractivity contribution in [2.45, 2.75) is 40.0 Å². The smallest absolute Gasteiger partial charge is 0.347 e. The van der Waals surface area contributed by atoms with E-state index >= 15 is 0 Å². The summed E-state index contributed by atoms with van der Waals surface area (Å²) in [7, 11) is 0. The zero-order valence-electron chi connectivity index (χ0n) is 13.2. The number of ether oxygens (including phenoxy) is 1. The van der Waals surface area contributed by atoms with E-state index in [0.29, 0.717) is 23.6 Å². The fraction of sp³-hybridized carbons (Fsp3) is 0.412. The number of carbonyl (C=O) groups is 1. The lowest BCUT2D eigenvalue weighted by atomic mass is 10.1. The van der Waals surface area contributed by atoms with Crippen LogP contribution in [0.25, 0.3) is 0 Å². The van der Waals surface area contributed by atoms with Crippen LogP contribution < -0.4 is 4.74 Å². The molecule has 0 aliphatic carbocycles. The maximum absolute atomic E-state index is 11.1. The van der Waals surface area contributed by atoms with E-state index in [4.69, 9.17) is 9.84 Å². The number of hydrogen-bond donors (Lipinski definition) is 1. The molecule has 0 aliphatic rings.